The minimum absolute atomic E-state index is 0.493. The van der Waals surface area contributed by atoms with Gasteiger partial charge in [0.25, 0.3) is 0 Å². The summed E-state index contributed by atoms with van der Waals surface area (Å²) in [6, 6.07) is 0. The maximum absolute atomic E-state index is 14.2. The van der Waals surface area contributed by atoms with Crippen molar-refractivity contribution in [2.75, 3.05) is 13.1 Å². The summed E-state index contributed by atoms with van der Waals surface area (Å²) in [4.78, 5) is 4.31. The first-order valence-corrected chi connectivity index (χ1v) is 5.87. The zero-order valence-electron chi connectivity index (χ0n) is 8.35. The lowest BCUT2D eigenvalue weighted by molar-refractivity contribution is 0.116. The van der Waals surface area contributed by atoms with Gasteiger partial charge in [0.05, 0.1) is 5.01 Å². The summed E-state index contributed by atoms with van der Waals surface area (Å²) in [5.74, 6) is 0. The van der Waals surface area contributed by atoms with E-state index in [1.165, 1.54) is 0 Å². The van der Waals surface area contributed by atoms with Gasteiger partial charge in [0.2, 0.25) is 0 Å². The number of hydrogen-bond acceptors (Lipinski definition) is 3. The van der Waals surface area contributed by atoms with Crippen molar-refractivity contribution in [1.29, 1.82) is 0 Å². The van der Waals surface area contributed by atoms with Crippen LogP contribution in [0, 0.1) is 6.92 Å². The van der Waals surface area contributed by atoms with Crippen molar-refractivity contribution in [3.8, 4) is 0 Å². The molecule has 1 aromatic heterocycles. The van der Waals surface area contributed by atoms with Crippen molar-refractivity contribution in [1.82, 2.24) is 10.3 Å². The van der Waals surface area contributed by atoms with Crippen LogP contribution in [-0.2, 0) is 6.42 Å². The molecule has 1 aliphatic rings. The van der Waals surface area contributed by atoms with Crippen LogP contribution in [0.15, 0.2) is 5.38 Å². The fourth-order valence-electron chi connectivity index (χ4n) is 1.81. The Balaban J connectivity index is 2.01. The zero-order valence-corrected chi connectivity index (χ0v) is 9.16. The maximum Gasteiger partial charge on any atom is 0.119 e. The third-order valence-electron chi connectivity index (χ3n) is 2.63. The Morgan fingerprint density at radius 2 is 2.29 bits per heavy atom. The van der Waals surface area contributed by atoms with Crippen molar-refractivity contribution >= 4 is 11.3 Å². The fraction of sp³-hybridized carbons (Fsp3) is 0.700. The van der Waals surface area contributed by atoms with Gasteiger partial charge in [-0.2, -0.15) is 0 Å². The van der Waals surface area contributed by atoms with Crippen LogP contribution in [0.3, 0.4) is 0 Å². The number of halogens is 1. The van der Waals surface area contributed by atoms with E-state index in [-0.39, 0.29) is 0 Å². The minimum Gasteiger partial charge on any atom is -0.316 e. The van der Waals surface area contributed by atoms with E-state index in [0.717, 1.165) is 23.8 Å². The predicted molar refractivity (Wildman–Crippen MR) is 56.5 cm³/mol. The van der Waals surface area contributed by atoms with E-state index < -0.39 is 5.67 Å². The van der Waals surface area contributed by atoms with E-state index in [1.54, 1.807) is 11.3 Å². The van der Waals surface area contributed by atoms with Crippen molar-refractivity contribution in [3.63, 3.8) is 0 Å². The van der Waals surface area contributed by atoms with Gasteiger partial charge in [-0.15, -0.1) is 11.3 Å². The second kappa shape index (κ2) is 3.95. The summed E-state index contributed by atoms with van der Waals surface area (Å²) < 4.78 is 14.2. The van der Waals surface area contributed by atoms with E-state index in [9.17, 15) is 4.39 Å². The third kappa shape index (κ3) is 2.30. The van der Waals surface area contributed by atoms with Crippen molar-refractivity contribution in [3.05, 3.63) is 16.1 Å². The number of nitrogens with one attached hydrogen (secondary N) is 1. The van der Waals surface area contributed by atoms with Crippen molar-refractivity contribution < 1.29 is 4.39 Å². The number of rotatable bonds is 2. The molecule has 2 nitrogen and oxygen atoms in total. The summed E-state index contributed by atoms with van der Waals surface area (Å²) in [6.45, 7) is 3.54. The van der Waals surface area contributed by atoms with Crippen LogP contribution in [0.25, 0.3) is 0 Å². The SMILES string of the molecule is Cc1csc(CC2(F)CCNCC2)n1. The molecule has 0 amide bonds. The number of thiazole rings is 1. The Morgan fingerprint density at radius 1 is 1.57 bits per heavy atom. The quantitative estimate of drug-likeness (QED) is 0.815. The summed E-state index contributed by atoms with van der Waals surface area (Å²) in [6.07, 6.45) is 1.73. The molecule has 1 saturated heterocycles. The van der Waals surface area contributed by atoms with Crippen LogP contribution in [-0.4, -0.2) is 23.7 Å². The van der Waals surface area contributed by atoms with Crippen LogP contribution in [0.2, 0.25) is 0 Å². The van der Waals surface area contributed by atoms with Crippen molar-refractivity contribution in [2.45, 2.75) is 31.9 Å². The predicted octanol–water partition coefficient (Wildman–Crippen LogP) is 2.09. The number of piperidine rings is 1. The molecule has 0 aromatic carbocycles. The molecule has 0 aliphatic carbocycles. The second-order valence-electron chi connectivity index (χ2n) is 3.96. The lowest BCUT2D eigenvalue weighted by Crippen LogP contribution is -2.40. The van der Waals surface area contributed by atoms with Gasteiger partial charge in [0.1, 0.15) is 5.67 Å². The van der Waals surface area contributed by atoms with Gasteiger partial charge in [-0.3, -0.25) is 0 Å². The Morgan fingerprint density at radius 3 is 2.86 bits per heavy atom. The summed E-state index contributed by atoms with van der Waals surface area (Å²) in [5, 5.41) is 6.10. The molecule has 2 rings (SSSR count). The summed E-state index contributed by atoms with van der Waals surface area (Å²) >= 11 is 1.57. The normalized spacial score (nSPS) is 21.0. The highest BCUT2D eigenvalue weighted by molar-refractivity contribution is 7.09. The maximum atomic E-state index is 14.2. The molecule has 0 atom stereocenters. The van der Waals surface area contributed by atoms with Gasteiger partial charge in [-0.25, -0.2) is 9.37 Å². The molecule has 2 heterocycles. The van der Waals surface area contributed by atoms with Gasteiger partial charge in [-0.05, 0) is 32.9 Å². The molecule has 1 aliphatic heterocycles. The molecule has 0 unspecified atom stereocenters. The molecule has 0 bridgehead atoms. The van der Waals surface area contributed by atoms with Crippen LogP contribution < -0.4 is 5.32 Å². The Kier molecular flexibility index (Phi) is 2.83. The van der Waals surface area contributed by atoms with Gasteiger partial charge in [0, 0.05) is 17.5 Å². The smallest absolute Gasteiger partial charge is 0.119 e. The molecule has 1 aromatic rings. The Labute approximate surface area is 87.6 Å². The molecule has 4 heteroatoms. The average Bonchev–Trinajstić information content (AvgIpc) is 2.51. The van der Waals surface area contributed by atoms with E-state index in [0.29, 0.717) is 19.3 Å². The van der Waals surface area contributed by atoms with Crippen molar-refractivity contribution in [2.24, 2.45) is 0 Å². The number of hydrogen-bond donors (Lipinski definition) is 1. The number of alkyl halides is 1. The van der Waals surface area contributed by atoms with Crippen LogP contribution >= 0.6 is 11.3 Å². The number of aryl methyl sites for hydroxylation is 1. The average molecular weight is 214 g/mol. The highest BCUT2D eigenvalue weighted by Gasteiger charge is 2.32. The molecule has 0 saturated carbocycles. The number of nitrogens with zero attached hydrogens (tertiary/aromatic N) is 1. The molecular weight excluding hydrogens is 199 g/mol. The van der Waals surface area contributed by atoms with Gasteiger partial charge >= 0.3 is 0 Å². The summed E-state index contributed by atoms with van der Waals surface area (Å²) in [7, 11) is 0. The lowest BCUT2D eigenvalue weighted by Gasteiger charge is -2.29. The molecule has 1 fully saturated rings. The molecule has 0 radical (unpaired) electrons. The van der Waals surface area contributed by atoms with E-state index in [2.05, 4.69) is 10.3 Å². The second-order valence-corrected chi connectivity index (χ2v) is 4.90. The van der Waals surface area contributed by atoms with Gasteiger partial charge in [-0.1, -0.05) is 0 Å². The first kappa shape index (κ1) is 10.1. The molecule has 1 N–H and O–H groups in total. The van der Waals surface area contributed by atoms with Gasteiger partial charge < -0.3 is 5.32 Å². The first-order valence-electron chi connectivity index (χ1n) is 4.99. The van der Waals surface area contributed by atoms with E-state index in [4.69, 9.17) is 0 Å². The third-order valence-corrected chi connectivity index (χ3v) is 3.60. The molecule has 14 heavy (non-hydrogen) atoms. The number of aromatic nitrogens is 1. The van der Waals surface area contributed by atoms with Crippen LogP contribution in [0.4, 0.5) is 4.39 Å². The highest BCUT2D eigenvalue weighted by Crippen LogP contribution is 2.28. The zero-order chi connectivity index (χ0) is 10.0. The summed E-state index contributed by atoms with van der Waals surface area (Å²) in [5.41, 5.74) is -0.0160. The lowest BCUT2D eigenvalue weighted by atomic mass is 9.91. The Hall–Kier alpha value is -0.480. The Bertz CT molecular complexity index is 305. The highest BCUT2D eigenvalue weighted by atomic mass is 32.1. The first-order chi connectivity index (χ1) is 6.68. The van der Waals surface area contributed by atoms with E-state index in [1.807, 2.05) is 12.3 Å². The monoisotopic (exact) mass is 214 g/mol. The van der Waals surface area contributed by atoms with Crippen LogP contribution in [0.5, 0.6) is 0 Å². The fourth-order valence-corrected chi connectivity index (χ4v) is 2.70. The molecular formula is C10H15FN2S. The largest absolute Gasteiger partial charge is 0.316 e. The molecule has 0 spiro atoms. The minimum atomic E-state index is -1.02. The standard InChI is InChI=1S/C10H15FN2S/c1-8-7-14-9(13-8)6-10(11)2-4-12-5-3-10/h7,12H,2-6H2,1H3. The van der Waals surface area contributed by atoms with Crippen LogP contribution in [0.1, 0.15) is 23.5 Å². The topological polar surface area (TPSA) is 24.9 Å². The molecule has 78 valence electrons. The van der Waals surface area contributed by atoms with E-state index >= 15 is 0 Å². The van der Waals surface area contributed by atoms with Gasteiger partial charge in [0.15, 0.2) is 0 Å².